The van der Waals surface area contributed by atoms with Crippen LogP contribution in [0.15, 0.2) is 17.0 Å². The van der Waals surface area contributed by atoms with Crippen LogP contribution in [0.3, 0.4) is 0 Å². The van der Waals surface area contributed by atoms with Gasteiger partial charge in [0.15, 0.2) is 0 Å². The van der Waals surface area contributed by atoms with Gasteiger partial charge in [-0.2, -0.15) is 4.72 Å². The monoisotopic (exact) mass is 317 g/mol. The third-order valence-corrected chi connectivity index (χ3v) is 4.84. The quantitative estimate of drug-likeness (QED) is 0.842. The van der Waals surface area contributed by atoms with E-state index in [1.54, 1.807) is 13.8 Å². The van der Waals surface area contributed by atoms with E-state index in [4.69, 9.17) is 0 Å². The number of carbonyl (C=O) groups is 1. The normalized spacial score (nSPS) is 13.3. The van der Waals surface area contributed by atoms with Crippen molar-refractivity contribution < 1.29 is 22.3 Å². The third kappa shape index (κ3) is 4.01. The Hall–Kier alpha value is -1.47. The molecule has 5 nitrogen and oxygen atoms in total. The molecule has 0 unspecified atom stereocenters. The molecule has 0 aliphatic carbocycles. The van der Waals surface area contributed by atoms with Crippen molar-refractivity contribution in [1.29, 1.82) is 0 Å². The molecule has 0 amide bonds. The Bertz CT molecular complexity index is 617. The molecular weight excluding hydrogens is 297 g/mol. The molecule has 1 aromatic carbocycles. The molecule has 118 valence electrons. The van der Waals surface area contributed by atoms with Crippen LogP contribution in [-0.4, -0.2) is 27.5 Å². The van der Waals surface area contributed by atoms with Gasteiger partial charge in [-0.3, -0.25) is 4.79 Å². The van der Waals surface area contributed by atoms with E-state index in [2.05, 4.69) is 9.46 Å². The molecule has 0 aliphatic rings. The molecule has 0 saturated carbocycles. The highest BCUT2D eigenvalue weighted by Crippen LogP contribution is 2.22. The molecule has 0 spiro atoms. The van der Waals surface area contributed by atoms with Crippen LogP contribution in [0.4, 0.5) is 4.39 Å². The summed E-state index contributed by atoms with van der Waals surface area (Å²) in [5.41, 5.74) is 0.569. The molecule has 0 aromatic heterocycles. The first-order valence-electron chi connectivity index (χ1n) is 6.47. The number of rotatable bonds is 5. The van der Waals surface area contributed by atoms with E-state index >= 15 is 0 Å². The Kier molecular flexibility index (Phi) is 5.47. The van der Waals surface area contributed by atoms with Crippen molar-refractivity contribution in [3.63, 3.8) is 0 Å². The lowest BCUT2D eigenvalue weighted by Gasteiger charge is -2.21. The molecule has 21 heavy (non-hydrogen) atoms. The van der Waals surface area contributed by atoms with Crippen molar-refractivity contribution in [2.45, 2.75) is 38.6 Å². The van der Waals surface area contributed by atoms with Crippen LogP contribution in [0.5, 0.6) is 0 Å². The predicted octanol–water partition coefficient (Wildman–Crippen LogP) is 1.92. The van der Waals surface area contributed by atoms with Crippen molar-refractivity contribution in [3.8, 4) is 0 Å². The highest BCUT2D eigenvalue weighted by Gasteiger charge is 2.30. The second-order valence-corrected chi connectivity index (χ2v) is 6.89. The highest BCUT2D eigenvalue weighted by molar-refractivity contribution is 7.89. The van der Waals surface area contributed by atoms with Crippen molar-refractivity contribution in [1.82, 2.24) is 4.72 Å². The predicted molar refractivity (Wildman–Crippen MR) is 76.8 cm³/mol. The van der Waals surface area contributed by atoms with E-state index < -0.39 is 27.9 Å². The number of benzene rings is 1. The molecule has 0 saturated heterocycles. The largest absolute Gasteiger partial charge is 0.468 e. The number of hydrogen-bond acceptors (Lipinski definition) is 4. The fourth-order valence-corrected chi connectivity index (χ4v) is 3.92. The second kappa shape index (κ2) is 6.53. The molecule has 0 heterocycles. The first-order valence-corrected chi connectivity index (χ1v) is 7.95. The Morgan fingerprint density at radius 3 is 2.10 bits per heavy atom. The van der Waals surface area contributed by atoms with Gasteiger partial charge in [-0.05, 0) is 43.0 Å². The van der Waals surface area contributed by atoms with E-state index in [1.807, 2.05) is 0 Å². The van der Waals surface area contributed by atoms with Gasteiger partial charge in [-0.25, -0.2) is 12.8 Å². The SMILES string of the molecule is COC(=O)[C@@H](NS(=O)(=O)c1c(C)cc(F)cc1C)C(C)C. The highest BCUT2D eigenvalue weighted by atomic mass is 32.2. The summed E-state index contributed by atoms with van der Waals surface area (Å²) in [6, 6.07) is 1.29. The number of carbonyl (C=O) groups excluding carboxylic acids is 1. The smallest absolute Gasteiger partial charge is 0.324 e. The molecule has 1 rings (SSSR count). The number of ether oxygens (including phenoxy) is 1. The van der Waals surface area contributed by atoms with Crippen LogP contribution in [0.1, 0.15) is 25.0 Å². The Morgan fingerprint density at radius 1 is 1.24 bits per heavy atom. The summed E-state index contributed by atoms with van der Waals surface area (Å²) in [7, 11) is -2.76. The average Bonchev–Trinajstić information content (AvgIpc) is 2.33. The van der Waals surface area contributed by atoms with Crippen LogP contribution in [0, 0.1) is 25.6 Å². The number of halogens is 1. The fraction of sp³-hybridized carbons (Fsp3) is 0.500. The topological polar surface area (TPSA) is 72.5 Å². The van der Waals surface area contributed by atoms with Gasteiger partial charge in [0.05, 0.1) is 12.0 Å². The minimum Gasteiger partial charge on any atom is -0.468 e. The van der Waals surface area contributed by atoms with Gasteiger partial charge in [-0.1, -0.05) is 13.8 Å². The van der Waals surface area contributed by atoms with Gasteiger partial charge < -0.3 is 4.74 Å². The van der Waals surface area contributed by atoms with Crippen molar-refractivity contribution in [2.75, 3.05) is 7.11 Å². The Balaban J connectivity index is 3.26. The van der Waals surface area contributed by atoms with Crippen molar-refractivity contribution in [2.24, 2.45) is 5.92 Å². The van der Waals surface area contributed by atoms with Crippen molar-refractivity contribution in [3.05, 3.63) is 29.1 Å². The maximum absolute atomic E-state index is 13.3. The van der Waals surface area contributed by atoms with Crippen LogP contribution in [0.2, 0.25) is 0 Å². The summed E-state index contributed by atoms with van der Waals surface area (Å²) in [6.45, 7) is 6.42. The minimum absolute atomic E-state index is 0.0153. The van der Waals surface area contributed by atoms with Gasteiger partial charge in [0.2, 0.25) is 10.0 Å². The second-order valence-electron chi connectivity index (χ2n) is 5.23. The fourth-order valence-electron chi connectivity index (χ4n) is 2.13. The van der Waals surface area contributed by atoms with Gasteiger partial charge in [0.25, 0.3) is 0 Å². The molecular formula is C14H20FNO4S. The average molecular weight is 317 g/mol. The maximum atomic E-state index is 13.3. The summed E-state index contributed by atoms with van der Waals surface area (Å²) < 4.78 is 45.2. The molecule has 0 radical (unpaired) electrons. The lowest BCUT2D eigenvalue weighted by molar-refractivity contribution is -0.143. The first kappa shape index (κ1) is 17.6. The van der Waals surface area contributed by atoms with E-state index in [0.717, 1.165) is 12.1 Å². The van der Waals surface area contributed by atoms with E-state index in [9.17, 15) is 17.6 Å². The molecule has 1 aromatic rings. The van der Waals surface area contributed by atoms with E-state index in [0.29, 0.717) is 0 Å². The van der Waals surface area contributed by atoms with Crippen molar-refractivity contribution >= 4 is 16.0 Å². The summed E-state index contributed by atoms with van der Waals surface area (Å²) in [5, 5.41) is 0. The van der Waals surface area contributed by atoms with Gasteiger partial charge in [-0.15, -0.1) is 0 Å². The Morgan fingerprint density at radius 2 is 1.71 bits per heavy atom. The molecule has 0 fully saturated rings. The molecule has 0 aliphatic heterocycles. The van der Waals surface area contributed by atoms with Crippen LogP contribution >= 0.6 is 0 Å². The number of hydrogen-bond donors (Lipinski definition) is 1. The molecule has 1 atom stereocenters. The zero-order valence-corrected chi connectivity index (χ0v) is 13.5. The number of esters is 1. The zero-order chi connectivity index (χ0) is 16.4. The van der Waals surface area contributed by atoms with E-state index in [1.165, 1.54) is 21.0 Å². The summed E-state index contributed by atoms with van der Waals surface area (Å²) >= 11 is 0. The maximum Gasteiger partial charge on any atom is 0.324 e. The number of aryl methyl sites for hydroxylation is 2. The molecule has 0 bridgehead atoms. The van der Waals surface area contributed by atoms with E-state index in [-0.39, 0.29) is 21.9 Å². The summed E-state index contributed by atoms with van der Waals surface area (Å²) in [6.07, 6.45) is 0. The standard InChI is InChI=1S/C14H20FNO4S/c1-8(2)12(14(17)20-5)16-21(18,19)13-9(3)6-11(15)7-10(13)4/h6-8,12,16H,1-5H3/t12-/m0/s1. The lowest BCUT2D eigenvalue weighted by atomic mass is 10.1. The Labute approximate surface area is 124 Å². The number of sulfonamides is 1. The van der Waals surface area contributed by atoms with Crippen LogP contribution in [-0.2, 0) is 19.6 Å². The van der Waals surface area contributed by atoms with Gasteiger partial charge in [0.1, 0.15) is 11.9 Å². The number of methoxy groups -OCH3 is 1. The molecule has 7 heteroatoms. The zero-order valence-electron chi connectivity index (χ0n) is 12.7. The summed E-state index contributed by atoms with van der Waals surface area (Å²) in [5.74, 6) is -1.45. The minimum atomic E-state index is -3.96. The lowest BCUT2D eigenvalue weighted by Crippen LogP contribution is -2.45. The molecule has 1 N–H and O–H groups in total. The van der Waals surface area contributed by atoms with Gasteiger partial charge in [0, 0.05) is 0 Å². The van der Waals surface area contributed by atoms with Crippen LogP contribution in [0.25, 0.3) is 0 Å². The van der Waals surface area contributed by atoms with Crippen LogP contribution < -0.4 is 4.72 Å². The first-order chi connectivity index (χ1) is 9.60. The number of nitrogens with one attached hydrogen (secondary N) is 1. The van der Waals surface area contributed by atoms with Gasteiger partial charge >= 0.3 is 5.97 Å². The third-order valence-electron chi connectivity index (χ3n) is 3.10. The summed E-state index contributed by atoms with van der Waals surface area (Å²) in [4.78, 5) is 11.7.